The van der Waals surface area contributed by atoms with Gasteiger partial charge < -0.3 is 10.1 Å². The van der Waals surface area contributed by atoms with Crippen LogP contribution in [-0.2, 0) is 10.2 Å². The van der Waals surface area contributed by atoms with Crippen LogP contribution in [0.15, 0.2) is 24.3 Å². The topological polar surface area (TPSA) is 21.3 Å². The van der Waals surface area contributed by atoms with Gasteiger partial charge in [-0.3, -0.25) is 0 Å². The first-order valence-corrected chi connectivity index (χ1v) is 6.88. The van der Waals surface area contributed by atoms with E-state index in [0.29, 0.717) is 12.0 Å². The van der Waals surface area contributed by atoms with Crippen molar-refractivity contribution in [1.29, 1.82) is 0 Å². The van der Waals surface area contributed by atoms with Gasteiger partial charge in [0.15, 0.2) is 0 Å². The van der Waals surface area contributed by atoms with Crippen molar-refractivity contribution in [3.05, 3.63) is 35.4 Å². The van der Waals surface area contributed by atoms with Gasteiger partial charge in [0.2, 0.25) is 0 Å². The lowest BCUT2D eigenvalue weighted by atomic mass is 9.85. The van der Waals surface area contributed by atoms with Gasteiger partial charge in [-0.25, -0.2) is 0 Å². The minimum absolute atomic E-state index is 0.226. The summed E-state index contributed by atoms with van der Waals surface area (Å²) < 4.78 is 5.50. The van der Waals surface area contributed by atoms with Crippen LogP contribution in [0.3, 0.4) is 0 Å². The molecule has 0 amide bonds. The molecule has 2 nitrogen and oxygen atoms in total. The Labute approximate surface area is 111 Å². The molecule has 18 heavy (non-hydrogen) atoms. The fourth-order valence-electron chi connectivity index (χ4n) is 2.68. The first kappa shape index (κ1) is 13.6. The Hall–Kier alpha value is -0.860. The second-order valence-corrected chi connectivity index (χ2v) is 6.26. The third-order valence-electron chi connectivity index (χ3n) is 3.88. The van der Waals surface area contributed by atoms with Crippen molar-refractivity contribution in [3.63, 3.8) is 0 Å². The molecule has 1 saturated heterocycles. The van der Waals surface area contributed by atoms with Crippen molar-refractivity contribution < 1.29 is 4.74 Å². The molecular formula is C16H25NO. The van der Waals surface area contributed by atoms with E-state index < -0.39 is 0 Å². The van der Waals surface area contributed by atoms with E-state index in [1.807, 2.05) is 7.05 Å². The lowest BCUT2D eigenvalue weighted by Crippen LogP contribution is -2.25. The number of rotatable bonds is 3. The number of ether oxygens (including phenoxy) is 1. The van der Waals surface area contributed by atoms with Crippen LogP contribution in [0.2, 0.25) is 0 Å². The van der Waals surface area contributed by atoms with Gasteiger partial charge in [0.05, 0.1) is 6.61 Å². The van der Waals surface area contributed by atoms with E-state index in [2.05, 4.69) is 50.4 Å². The van der Waals surface area contributed by atoms with Crippen molar-refractivity contribution in [3.8, 4) is 0 Å². The molecule has 1 aliphatic rings. The van der Waals surface area contributed by atoms with E-state index in [9.17, 15) is 0 Å². The molecular weight excluding hydrogens is 222 g/mol. The standard InChI is InChI=1S/C16H25NO/c1-16(2,3)14-7-5-12(6-8-14)15(17-4)13-9-10-18-11-13/h5-8,13,15,17H,9-11H2,1-4H3. The third kappa shape index (κ3) is 2.93. The molecule has 2 rings (SSSR count). The molecule has 100 valence electrons. The SMILES string of the molecule is CNC(c1ccc(C(C)(C)C)cc1)C1CCOC1. The van der Waals surface area contributed by atoms with Crippen LogP contribution in [-0.4, -0.2) is 20.3 Å². The summed E-state index contributed by atoms with van der Waals surface area (Å²) >= 11 is 0. The maximum atomic E-state index is 5.50. The van der Waals surface area contributed by atoms with Gasteiger partial charge in [0.1, 0.15) is 0 Å². The van der Waals surface area contributed by atoms with Gasteiger partial charge in [-0.15, -0.1) is 0 Å². The van der Waals surface area contributed by atoms with Gasteiger partial charge >= 0.3 is 0 Å². The largest absolute Gasteiger partial charge is 0.381 e. The maximum absolute atomic E-state index is 5.50. The quantitative estimate of drug-likeness (QED) is 0.885. The molecule has 1 aliphatic heterocycles. The van der Waals surface area contributed by atoms with Crippen molar-refractivity contribution in [2.45, 2.75) is 38.6 Å². The fourth-order valence-corrected chi connectivity index (χ4v) is 2.68. The van der Waals surface area contributed by atoms with Crippen LogP contribution in [0.25, 0.3) is 0 Å². The van der Waals surface area contributed by atoms with E-state index >= 15 is 0 Å². The summed E-state index contributed by atoms with van der Waals surface area (Å²) in [6.07, 6.45) is 1.16. The summed E-state index contributed by atoms with van der Waals surface area (Å²) in [4.78, 5) is 0. The van der Waals surface area contributed by atoms with E-state index in [-0.39, 0.29) is 5.41 Å². The van der Waals surface area contributed by atoms with Crippen molar-refractivity contribution in [2.75, 3.05) is 20.3 Å². The summed E-state index contributed by atoms with van der Waals surface area (Å²) in [5.41, 5.74) is 2.99. The average molecular weight is 247 g/mol. The zero-order chi connectivity index (χ0) is 13.2. The summed E-state index contributed by atoms with van der Waals surface area (Å²) in [5.74, 6) is 0.607. The Morgan fingerprint density at radius 3 is 2.33 bits per heavy atom. The highest BCUT2D eigenvalue weighted by Gasteiger charge is 2.26. The van der Waals surface area contributed by atoms with E-state index in [0.717, 1.165) is 19.6 Å². The third-order valence-corrected chi connectivity index (χ3v) is 3.88. The Morgan fingerprint density at radius 2 is 1.89 bits per heavy atom. The molecule has 1 fully saturated rings. The van der Waals surface area contributed by atoms with E-state index in [1.165, 1.54) is 11.1 Å². The molecule has 2 unspecified atom stereocenters. The molecule has 0 saturated carbocycles. The average Bonchev–Trinajstić information content (AvgIpc) is 2.83. The lowest BCUT2D eigenvalue weighted by molar-refractivity contribution is 0.178. The monoisotopic (exact) mass is 247 g/mol. The molecule has 1 heterocycles. The highest BCUT2D eigenvalue weighted by molar-refractivity contribution is 5.29. The number of hydrogen-bond acceptors (Lipinski definition) is 2. The normalized spacial score (nSPS) is 22.1. The zero-order valence-corrected chi connectivity index (χ0v) is 12.0. The minimum atomic E-state index is 0.226. The smallest absolute Gasteiger partial charge is 0.0513 e. The maximum Gasteiger partial charge on any atom is 0.0513 e. The van der Waals surface area contributed by atoms with E-state index in [1.54, 1.807) is 0 Å². The molecule has 0 aliphatic carbocycles. The Kier molecular flexibility index (Phi) is 4.08. The molecule has 2 heteroatoms. The van der Waals surface area contributed by atoms with Crippen LogP contribution in [0, 0.1) is 5.92 Å². The second kappa shape index (κ2) is 5.41. The Morgan fingerprint density at radius 1 is 1.22 bits per heavy atom. The predicted molar refractivity (Wildman–Crippen MR) is 75.9 cm³/mol. The van der Waals surface area contributed by atoms with E-state index in [4.69, 9.17) is 4.74 Å². The Balaban J connectivity index is 2.16. The van der Waals surface area contributed by atoms with Crippen LogP contribution in [0.1, 0.15) is 44.4 Å². The van der Waals surface area contributed by atoms with Crippen molar-refractivity contribution in [1.82, 2.24) is 5.32 Å². The van der Waals surface area contributed by atoms with Crippen LogP contribution in [0.5, 0.6) is 0 Å². The number of nitrogens with one attached hydrogen (secondary N) is 1. The first-order chi connectivity index (χ1) is 8.52. The van der Waals surface area contributed by atoms with Crippen LogP contribution < -0.4 is 5.32 Å². The highest BCUT2D eigenvalue weighted by atomic mass is 16.5. The summed E-state index contributed by atoms with van der Waals surface area (Å²) in [6.45, 7) is 8.54. The summed E-state index contributed by atoms with van der Waals surface area (Å²) in [7, 11) is 2.04. The molecule has 0 aromatic heterocycles. The second-order valence-electron chi connectivity index (χ2n) is 6.26. The van der Waals surface area contributed by atoms with Crippen molar-refractivity contribution in [2.24, 2.45) is 5.92 Å². The van der Waals surface area contributed by atoms with Gasteiger partial charge in [-0.1, -0.05) is 45.0 Å². The molecule has 0 bridgehead atoms. The van der Waals surface area contributed by atoms with Crippen LogP contribution >= 0.6 is 0 Å². The van der Waals surface area contributed by atoms with Gasteiger partial charge in [-0.05, 0) is 30.0 Å². The lowest BCUT2D eigenvalue weighted by Gasteiger charge is -2.24. The summed E-state index contributed by atoms with van der Waals surface area (Å²) in [5, 5.41) is 3.44. The Bertz CT molecular complexity index is 371. The van der Waals surface area contributed by atoms with Gasteiger partial charge in [0.25, 0.3) is 0 Å². The molecule has 2 atom stereocenters. The molecule has 1 aromatic rings. The molecule has 1 aromatic carbocycles. The summed E-state index contributed by atoms with van der Waals surface area (Å²) in [6, 6.07) is 9.46. The van der Waals surface area contributed by atoms with Gasteiger partial charge in [0, 0.05) is 18.6 Å². The predicted octanol–water partition coefficient (Wildman–Crippen LogP) is 3.28. The fraction of sp³-hybridized carbons (Fsp3) is 0.625. The van der Waals surface area contributed by atoms with Crippen molar-refractivity contribution >= 4 is 0 Å². The molecule has 0 spiro atoms. The highest BCUT2D eigenvalue weighted by Crippen LogP contribution is 2.30. The molecule has 1 N–H and O–H groups in total. The zero-order valence-electron chi connectivity index (χ0n) is 12.0. The van der Waals surface area contributed by atoms with Crippen LogP contribution in [0.4, 0.5) is 0 Å². The molecule has 0 radical (unpaired) electrons. The van der Waals surface area contributed by atoms with Gasteiger partial charge in [-0.2, -0.15) is 0 Å². The number of hydrogen-bond donors (Lipinski definition) is 1. The minimum Gasteiger partial charge on any atom is -0.381 e. The number of benzene rings is 1. The first-order valence-electron chi connectivity index (χ1n) is 6.88.